The van der Waals surface area contributed by atoms with Gasteiger partial charge in [0.2, 0.25) is 5.91 Å². The van der Waals surface area contributed by atoms with Crippen LogP contribution in [0.25, 0.3) is 0 Å². The van der Waals surface area contributed by atoms with Crippen LogP contribution in [0, 0.1) is 11.6 Å². The van der Waals surface area contributed by atoms with E-state index in [1.807, 2.05) is 0 Å². The minimum atomic E-state index is -0.629. The molecule has 1 unspecified atom stereocenters. The summed E-state index contributed by atoms with van der Waals surface area (Å²) in [5.74, 6) is -1.64. The second-order valence-electron chi connectivity index (χ2n) is 4.59. The zero-order valence-corrected chi connectivity index (χ0v) is 11.9. The lowest BCUT2D eigenvalue weighted by molar-refractivity contribution is 0.100. The molecule has 2 rings (SSSR count). The van der Waals surface area contributed by atoms with Gasteiger partial charge in [-0.3, -0.25) is 4.79 Å². The second-order valence-corrected chi connectivity index (χ2v) is 5.00. The number of nitrogens with two attached hydrogens (primary N) is 1. The van der Waals surface area contributed by atoms with Crippen molar-refractivity contribution in [3.05, 3.63) is 64.2 Å². The molecule has 21 heavy (non-hydrogen) atoms. The molecule has 0 bridgehead atoms. The summed E-state index contributed by atoms with van der Waals surface area (Å²) >= 11 is 5.94. The molecule has 0 radical (unpaired) electrons. The van der Waals surface area contributed by atoms with Crippen molar-refractivity contribution in [2.75, 3.05) is 5.32 Å². The van der Waals surface area contributed by atoms with Gasteiger partial charge in [-0.25, -0.2) is 8.78 Å². The Morgan fingerprint density at radius 3 is 2.57 bits per heavy atom. The van der Waals surface area contributed by atoms with Gasteiger partial charge >= 0.3 is 0 Å². The van der Waals surface area contributed by atoms with Gasteiger partial charge in [0.15, 0.2) is 0 Å². The predicted octanol–water partition coefficient (Wildman–Crippen LogP) is 3.89. The number of carbonyl (C=O) groups excluding carboxylic acids is 1. The van der Waals surface area contributed by atoms with Gasteiger partial charge in [0, 0.05) is 11.3 Å². The third-order valence-corrected chi connectivity index (χ3v) is 3.35. The highest BCUT2D eigenvalue weighted by atomic mass is 35.5. The number of hydrogen-bond donors (Lipinski definition) is 2. The molecule has 2 aromatic carbocycles. The summed E-state index contributed by atoms with van der Waals surface area (Å²) < 4.78 is 26.9. The first-order chi connectivity index (χ1) is 9.88. The Bertz CT molecular complexity index is 691. The van der Waals surface area contributed by atoms with Gasteiger partial charge in [0.05, 0.1) is 16.6 Å². The van der Waals surface area contributed by atoms with Gasteiger partial charge in [-0.15, -0.1) is 0 Å². The molecular weight excluding hydrogens is 298 g/mol. The van der Waals surface area contributed by atoms with Gasteiger partial charge in [-0.2, -0.15) is 0 Å². The maximum Gasteiger partial charge on any atom is 0.250 e. The summed E-state index contributed by atoms with van der Waals surface area (Å²) in [5.41, 5.74) is 6.13. The van der Waals surface area contributed by atoms with Crippen LogP contribution in [0.5, 0.6) is 0 Å². The van der Waals surface area contributed by atoms with E-state index in [9.17, 15) is 13.6 Å². The maximum absolute atomic E-state index is 13.7. The van der Waals surface area contributed by atoms with Gasteiger partial charge in [0.25, 0.3) is 0 Å². The molecular formula is C15H13ClF2N2O. The molecule has 0 fully saturated rings. The van der Waals surface area contributed by atoms with E-state index in [0.717, 1.165) is 18.2 Å². The normalized spacial score (nSPS) is 12.0. The number of carbonyl (C=O) groups is 1. The molecule has 6 heteroatoms. The highest BCUT2D eigenvalue weighted by Gasteiger charge is 2.13. The number of rotatable bonds is 4. The summed E-state index contributed by atoms with van der Waals surface area (Å²) in [5, 5.41) is 3.18. The zero-order chi connectivity index (χ0) is 15.6. The average Bonchev–Trinajstić information content (AvgIpc) is 2.41. The number of amides is 1. The number of anilines is 1. The summed E-state index contributed by atoms with van der Waals surface area (Å²) in [6, 6.07) is 7.37. The summed E-state index contributed by atoms with van der Waals surface area (Å²) in [7, 11) is 0. The first kappa shape index (κ1) is 15.3. The Hall–Kier alpha value is -2.14. The lowest BCUT2D eigenvalue weighted by Gasteiger charge is -2.17. The minimum absolute atomic E-state index is 0.194. The zero-order valence-electron chi connectivity index (χ0n) is 11.2. The van der Waals surface area contributed by atoms with Crippen LogP contribution < -0.4 is 11.1 Å². The van der Waals surface area contributed by atoms with E-state index in [-0.39, 0.29) is 16.1 Å². The lowest BCUT2D eigenvalue weighted by atomic mass is 10.1. The second kappa shape index (κ2) is 6.10. The quantitative estimate of drug-likeness (QED) is 0.900. The minimum Gasteiger partial charge on any atom is -0.378 e. The molecule has 2 aromatic rings. The predicted molar refractivity (Wildman–Crippen MR) is 78.4 cm³/mol. The van der Waals surface area contributed by atoms with Crippen molar-refractivity contribution >= 4 is 23.2 Å². The molecule has 0 spiro atoms. The van der Waals surface area contributed by atoms with Crippen LogP contribution in [0.2, 0.25) is 5.02 Å². The summed E-state index contributed by atoms with van der Waals surface area (Å²) in [4.78, 5) is 11.1. The van der Waals surface area contributed by atoms with Crippen LogP contribution >= 0.6 is 11.6 Å². The molecule has 0 aliphatic rings. The van der Waals surface area contributed by atoms with Crippen molar-refractivity contribution in [2.45, 2.75) is 13.0 Å². The van der Waals surface area contributed by atoms with E-state index in [0.29, 0.717) is 5.69 Å². The average molecular weight is 311 g/mol. The molecule has 0 aliphatic carbocycles. The monoisotopic (exact) mass is 310 g/mol. The Morgan fingerprint density at radius 2 is 1.95 bits per heavy atom. The van der Waals surface area contributed by atoms with Gasteiger partial charge in [0.1, 0.15) is 11.6 Å². The van der Waals surface area contributed by atoms with Crippen molar-refractivity contribution in [3.63, 3.8) is 0 Å². The highest BCUT2D eigenvalue weighted by molar-refractivity contribution is 6.34. The van der Waals surface area contributed by atoms with Gasteiger partial charge in [-0.1, -0.05) is 11.6 Å². The van der Waals surface area contributed by atoms with Crippen molar-refractivity contribution < 1.29 is 13.6 Å². The van der Waals surface area contributed by atoms with E-state index >= 15 is 0 Å². The number of nitrogens with one attached hydrogen (secondary N) is 1. The molecule has 1 amide bonds. The third-order valence-electron chi connectivity index (χ3n) is 3.04. The molecule has 3 N–H and O–H groups in total. The van der Waals surface area contributed by atoms with Gasteiger partial charge in [-0.05, 0) is 43.3 Å². The molecule has 110 valence electrons. The highest BCUT2D eigenvalue weighted by Crippen LogP contribution is 2.26. The fourth-order valence-corrected chi connectivity index (χ4v) is 2.25. The molecule has 0 heterocycles. The van der Waals surface area contributed by atoms with Crippen LogP contribution in [0.4, 0.5) is 14.5 Å². The molecule has 0 aliphatic heterocycles. The van der Waals surface area contributed by atoms with Crippen molar-refractivity contribution in [1.29, 1.82) is 0 Å². The molecule has 0 saturated heterocycles. The summed E-state index contributed by atoms with van der Waals surface area (Å²) in [6.07, 6.45) is 0. The van der Waals surface area contributed by atoms with Crippen molar-refractivity contribution in [2.24, 2.45) is 5.73 Å². The molecule has 3 nitrogen and oxygen atoms in total. The van der Waals surface area contributed by atoms with E-state index in [1.54, 1.807) is 13.0 Å². The van der Waals surface area contributed by atoms with Crippen LogP contribution in [0.15, 0.2) is 36.4 Å². The standard InChI is InChI=1S/C15H13ClF2N2O/c1-8(12-6-9(17)2-5-14(12)18)20-10-3-4-11(15(19)21)13(16)7-10/h2-8,20H,1H3,(H2,19,21). The van der Waals surface area contributed by atoms with Crippen LogP contribution in [-0.4, -0.2) is 5.91 Å². The largest absolute Gasteiger partial charge is 0.378 e. The number of primary amides is 1. The van der Waals surface area contributed by atoms with Crippen LogP contribution in [0.1, 0.15) is 28.9 Å². The fourth-order valence-electron chi connectivity index (χ4n) is 1.98. The van der Waals surface area contributed by atoms with Crippen molar-refractivity contribution in [1.82, 2.24) is 0 Å². The Morgan fingerprint density at radius 1 is 1.24 bits per heavy atom. The fraction of sp³-hybridized carbons (Fsp3) is 0.133. The Kier molecular flexibility index (Phi) is 4.43. The van der Waals surface area contributed by atoms with Crippen molar-refractivity contribution in [3.8, 4) is 0 Å². The third kappa shape index (κ3) is 3.49. The van der Waals surface area contributed by atoms with E-state index in [2.05, 4.69) is 5.32 Å². The first-order valence-electron chi connectivity index (χ1n) is 6.19. The molecule has 0 saturated carbocycles. The maximum atomic E-state index is 13.7. The Labute approximate surface area is 125 Å². The van der Waals surface area contributed by atoms with E-state index in [1.165, 1.54) is 12.1 Å². The van der Waals surface area contributed by atoms with Gasteiger partial charge < -0.3 is 11.1 Å². The SMILES string of the molecule is CC(Nc1ccc(C(N)=O)c(Cl)c1)c1cc(F)ccc1F. The summed E-state index contributed by atoms with van der Waals surface area (Å²) in [6.45, 7) is 1.69. The molecule has 1 atom stereocenters. The lowest BCUT2D eigenvalue weighted by Crippen LogP contribution is -2.12. The van der Waals surface area contributed by atoms with Crippen LogP contribution in [0.3, 0.4) is 0 Å². The van der Waals surface area contributed by atoms with Crippen LogP contribution in [-0.2, 0) is 0 Å². The molecule has 0 aromatic heterocycles. The first-order valence-corrected chi connectivity index (χ1v) is 6.57. The van der Waals surface area contributed by atoms with E-state index < -0.39 is 23.6 Å². The smallest absolute Gasteiger partial charge is 0.250 e. The number of hydrogen-bond acceptors (Lipinski definition) is 2. The topological polar surface area (TPSA) is 55.1 Å². The number of benzene rings is 2. The number of halogens is 3. The Balaban J connectivity index is 2.23. The van der Waals surface area contributed by atoms with E-state index in [4.69, 9.17) is 17.3 Å².